The summed E-state index contributed by atoms with van der Waals surface area (Å²) in [6, 6.07) is 7.96. The van der Waals surface area contributed by atoms with Crippen molar-refractivity contribution in [3.8, 4) is 0 Å². The zero-order valence-corrected chi connectivity index (χ0v) is 11.0. The van der Waals surface area contributed by atoms with E-state index in [4.69, 9.17) is 4.74 Å². The minimum Gasteiger partial charge on any atom is -0.394 e. The number of aliphatic hydroxyl groups is 1. The van der Waals surface area contributed by atoms with Crippen molar-refractivity contribution in [2.45, 2.75) is 12.5 Å². The van der Waals surface area contributed by atoms with Crippen LogP contribution >= 0.6 is 0 Å². The molecule has 5 nitrogen and oxygen atoms in total. The summed E-state index contributed by atoms with van der Waals surface area (Å²) in [6.07, 6.45) is 2.58. The molecule has 0 amide bonds. The average molecular weight is 269 g/mol. The third-order valence-electron chi connectivity index (χ3n) is 3.85. The third kappa shape index (κ3) is 1.63. The van der Waals surface area contributed by atoms with Crippen LogP contribution in [0.4, 0.5) is 0 Å². The van der Waals surface area contributed by atoms with Crippen LogP contribution in [0.3, 0.4) is 0 Å². The number of para-hydroxylation sites is 1. The minimum atomic E-state index is -0.0803. The molecule has 5 heteroatoms. The van der Waals surface area contributed by atoms with Crippen molar-refractivity contribution in [2.75, 3.05) is 19.8 Å². The van der Waals surface area contributed by atoms with Crippen LogP contribution in [-0.2, 0) is 11.2 Å². The van der Waals surface area contributed by atoms with Crippen molar-refractivity contribution in [2.24, 2.45) is 0 Å². The fourth-order valence-corrected chi connectivity index (χ4v) is 2.93. The van der Waals surface area contributed by atoms with Crippen LogP contribution in [0.1, 0.15) is 11.9 Å². The van der Waals surface area contributed by atoms with Crippen molar-refractivity contribution >= 4 is 21.9 Å². The zero-order chi connectivity index (χ0) is 13.5. The molecule has 102 valence electrons. The molecule has 1 aliphatic rings. The number of benzene rings is 1. The van der Waals surface area contributed by atoms with Gasteiger partial charge < -0.3 is 14.4 Å². The van der Waals surface area contributed by atoms with Crippen LogP contribution in [0.25, 0.3) is 21.9 Å². The monoisotopic (exact) mass is 269 g/mol. The number of imidazole rings is 1. The van der Waals surface area contributed by atoms with E-state index in [1.165, 1.54) is 0 Å². The molecule has 0 aliphatic carbocycles. The maximum Gasteiger partial charge on any atom is 0.112 e. The second kappa shape index (κ2) is 4.54. The molecular weight excluding hydrogens is 254 g/mol. The second-order valence-electron chi connectivity index (χ2n) is 5.07. The summed E-state index contributed by atoms with van der Waals surface area (Å²) in [4.78, 5) is 9.13. The lowest BCUT2D eigenvalue weighted by atomic mass is 10.2. The van der Waals surface area contributed by atoms with Crippen LogP contribution in [0, 0.1) is 0 Å². The average Bonchev–Trinajstić information content (AvgIpc) is 2.75. The maximum atomic E-state index is 9.67. The van der Waals surface area contributed by atoms with E-state index in [-0.39, 0.29) is 12.6 Å². The Morgan fingerprint density at radius 2 is 2.20 bits per heavy atom. The van der Waals surface area contributed by atoms with Gasteiger partial charge >= 0.3 is 0 Å². The molecule has 0 unspecified atom stereocenters. The van der Waals surface area contributed by atoms with Gasteiger partial charge in [-0.3, -0.25) is 4.98 Å². The predicted molar refractivity (Wildman–Crippen MR) is 75.7 cm³/mol. The highest BCUT2D eigenvalue weighted by Gasteiger charge is 2.23. The lowest BCUT2D eigenvalue weighted by Gasteiger charge is -2.16. The third-order valence-corrected chi connectivity index (χ3v) is 3.85. The van der Waals surface area contributed by atoms with E-state index in [1.807, 2.05) is 24.4 Å². The molecule has 1 N–H and O–H groups in total. The molecule has 1 aliphatic heterocycles. The summed E-state index contributed by atoms with van der Waals surface area (Å²) < 4.78 is 7.69. The first-order chi connectivity index (χ1) is 9.88. The van der Waals surface area contributed by atoms with Crippen LogP contribution in [0.5, 0.6) is 0 Å². The molecule has 0 bridgehead atoms. The van der Waals surface area contributed by atoms with Crippen LogP contribution in [-0.4, -0.2) is 39.5 Å². The molecule has 1 aromatic carbocycles. The zero-order valence-electron chi connectivity index (χ0n) is 11.0. The molecular formula is C15H15N3O2. The van der Waals surface area contributed by atoms with Crippen molar-refractivity contribution in [3.05, 3.63) is 36.3 Å². The molecule has 4 rings (SSSR count). The van der Waals surface area contributed by atoms with E-state index in [0.717, 1.165) is 34.2 Å². The number of nitrogens with zero attached hydrogens (tertiary/aromatic N) is 3. The van der Waals surface area contributed by atoms with Crippen molar-refractivity contribution < 1.29 is 9.84 Å². The van der Waals surface area contributed by atoms with Crippen molar-refractivity contribution in [1.29, 1.82) is 0 Å². The molecule has 0 radical (unpaired) electrons. The largest absolute Gasteiger partial charge is 0.394 e. The number of rotatable bonds is 1. The van der Waals surface area contributed by atoms with Gasteiger partial charge in [0.25, 0.3) is 0 Å². The number of aliphatic hydroxyl groups excluding tert-OH is 1. The first-order valence-corrected chi connectivity index (χ1v) is 6.81. The quantitative estimate of drug-likeness (QED) is 0.730. The number of hydrogen-bond acceptors (Lipinski definition) is 4. The standard InChI is InChI=1S/C15H15N3O2/c19-8-10-9-20-6-5-14-17-13-7-16-12-4-2-1-3-11(12)15(13)18(10)14/h1-4,7,10,19H,5-6,8-9H2/t10-/m0/s1. The van der Waals surface area contributed by atoms with E-state index in [0.29, 0.717) is 13.2 Å². The van der Waals surface area contributed by atoms with Crippen molar-refractivity contribution in [3.63, 3.8) is 0 Å². The Kier molecular flexibility index (Phi) is 2.68. The smallest absolute Gasteiger partial charge is 0.112 e. The number of aromatic nitrogens is 3. The van der Waals surface area contributed by atoms with E-state index < -0.39 is 0 Å². The van der Waals surface area contributed by atoms with Gasteiger partial charge in [0.2, 0.25) is 0 Å². The van der Waals surface area contributed by atoms with Gasteiger partial charge in [0.15, 0.2) is 0 Å². The summed E-state index contributed by atoms with van der Waals surface area (Å²) in [5.41, 5.74) is 2.89. The summed E-state index contributed by atoms with van der Waals surface area (Å²) in [6.45, 7) is 1.21. The molecule has 0 saturated carbocycles. The molecule has 0 fully saturated rings. The van der Waals surface area contributed by atoms with E-state index in [1.54, 1.807) is 0 Å². The highest BCUT2D eigenvalue weighted by Crippen LogP contribution is 2.29. The van der Waals surface area contributed by atoms with Crippen LogP contribution < -0.4 is 0 Å². The fourth-order valence-electron chi connectivity index (χ4n) is 2.93. The van der Waals surface area contributed by atoms with E-state index in [2.05, 4.69) is 20.6 Å². The van der Waals surface area contributed by atoms with Gasteiger partial charge in [0, 0.05) is 11.8 Å². The Morgan fingerprint density at radius 1 is 1.30 bits per heavy atom. The van der Waals surface area contributed by atoms with E-state index >= 15 is 0 Å². The summed E-state index contributed by atoms with van der Waals surface area (Å²) in [7, 11) is 0. The van der Waals surface area contributed by atoms with Crippen molar-refractivity contribution in [1.82, 2.24) is 14.5 Å². The molecule has 1 atom stereocenters. The van der Waals surface area contributed by atoms with Gasteiger partial charge in [-0.2, -0.15) is 0 Å². The van der Waals surface area contributed by atoms with Gasteiger partial charge in [-0.25, -0.2) is 4.98 Å². The van der Waals surface area contributed by atoms with Crippen LogP contribution in [0.15, 0.2) is 30.5 Å². The van der Waals surface area contributed by atoms with Gasteiger partial charge in [-0.15, -0.1) is 0 Å². The normalized spacial score (nSPS) is 19.1. The lowest BCUT2D eigenvalue weighted by Crippen LogP contribution is -2.18. The number of fused-ring (bicyclic) bond motifs is 5. The Balaban J connectivity index is 2.11. The second-order valence-corrected chi connectivity index (χ2v) is 5.07. The molecule has 0 spiro atoms. The highest BCUT2D eigenvalue weighted by atomic mass is 16.5. The molecule has 3 heterocycles. The SMILES string of the molecule is OC[C@H]1COCCc2nc3cnc4ccccc4c3n21. The number of ether oxygens (including phenoxy) is 1. The summed E-state index contributed by atoms with van der Waals surface area (Å²) in [5.74, 6) is 0.967. The minimum absolute atomic E-state index is 0.0507. The Bertz CT molecular complexity index is 781. The number of hydrogen-bond donors (Lipinski definition) is 1. The van der Waals surface area contributed by atoms with Gasteiger partial charge in [0.1, 0.15) is 11.3 Å². The molecule has 0 saturated heterocycles. The Hall–Kier alpha value is -1.98. The van der Waals surface area contributed by atoms with Gasteiger partial charge in [-0.05, 0) is 6.07 Å². The summed E-state index contributed by atoms with van der Waals surface area (Å²) >= 11 is 0. The Labute approximate surface area is 115 Å². The van der Waals surface area contributed by atoms with E-state index in [9.17, 15) is 5.11 Å². The lowest BCUT2D eigenvalue weighted by molar-refractivity contribution is 0.0930. The predicted octanol–water partition coefficient (Wildman–Crippen LogP) is 1.69. The first kappa shape index (κ1) is 11.8. The topological polar surface area (TPSA) is 60.2 Å². The maximum absolute atomic E-state index is 9.67. The summed E-state index contributed by atoms with van der Waals surface area (Å²) in [5, 5.41) is 10.7. The molecule has 3 aromatic rings. The molecule has 2 aromatic heterocycles. The van der Waals surface area contributed by atoms with Gasteiger partial charge in [0.05, 0.1) is 43.1 Å². The van der Waals surface area contributed by atoms with Crippen LogP contribution in [0.2, 0.25) is 0 Å². The molecule has 20 heavy (non-hydrogen) atoms. The Morgan fingerprint density at radius 3 is 3.10 bits per heavy atom. The highest BCUT2D eigenvalue weighted by molar-refractivity contribution is 6.02. The first-order valence-electron chi connectivity index (χ1n) is 6.81. The van der Waals surface area contributed by atoms with Gasteiger partial charge in [-0.1, -0.05) is 18.2 Å². The number of pyridine rings is 1. The fraction of sp³-hybridized carbons (Fsp3) is 0.333.